The summed E-state index contributed by atoms with van der Waals surface area (Å²) in [5.74, 6) is -2.34. The lowest BCUT2D eigenvalue weighted by Gasteiger charge is -2.09. The van der Waals surface area contributed by atoms with Crippen LogP contribution in [0.1, 0.15) is 30.1 Å². The first kappa shape index (κ1) is 16.8. The summed E-state index contributed by atoms with van der Waals surface area (Å²) in [6, 6.07) is 1.54. The molecule has 1 aromatic carbocycles. The van der Waals surface area contributed by atoms with Gasteiger partial charge in [0.1, 0.15) is 5.56 Å². The molecule has 0 spiro atoms. The van der Waals surface area contributed by atoms with Gasteiger partial charge in [0.2, 0.25) is 0 Å². The molecule has 0 fully saturated rings. The van der Waals surface area contributed by atoms with Gasteiger partial charge in [-0.2, -0.15) is 0 Å². The molecular weight excluding hydrogens is 283 g/mol. The van der Waals surface area contributed by atoms with Crippen LogP contribution in [-0.2, 0) is 4.74 Å². The molecule has 1 rings (SSSR count). The molecule has 2 N–H and O–H groups in total. The number of anilines is 1. The molecule has 116 valence electrons. The van der Waals surface area contributed by atoms with Crippen molar-refractivity contribution in [3.63, 3.8) is 0 Å². The Balaban J connectivity index is 2.72. The number of ether oxygens (including phenoxy) is 1. The fraction of sp³-hybridized carbons (Fsp3) is 0.462. The molecule has 0 saturated heterocycles. The van der Waals surface area contributed by atoms with Gasteiger partial charge in [0, 0.05) is 19.8 Å². The summed E-state index contributed by atoms with van der Waals surface area (Å²) >= 11 is 0. The van der Waals surface area contributed by atoms with Crippen molar-refractivity contribution in [3.05, 3.63) is 33.6 Å². The molecule has 0 atom stereocenters. The smallest absolute Gasteiger partial charge is 0.342 e. The van der Waals surface area contributed by atoms with E-state index < -0.39 is 28.0 Å². The Kier molecular flexibility index (Phi) is 6.54. The van der Waals surface area contributed by atoms with E-state index in [0.29, 0.717) is 32.2 Å². The van der Waals surface area contributed by atoms with Crippen molar-refractivity contribution >= 4 is 17.3 Å². The van der Waals surface area contributed by atoms with E-state index in [0.717, 1.165) is 12.5 Å². The minimum absolute atomic E-state index is 0.0755. The maximum Gasteiger partial charge on any atom is 0.342 e. The molecule has 0 saturated carbocycles. The summed E-state index contributed by atoms with van der Waals surface area (Å²) in [4.78, 5) is 20.7. The molecule has 0 aliphatic heterocycles. The summed E-state index contributed by atoms with van der Waals surface area (Å²) in [6.45, 7) is 3.51. The first-order valence-corrected chi connectivity index (χ1v) is 6.50. The minimum Gasteiger partial charge on any atom is -0.477 e. The molecule has 0 amide bonds. The Hall–Kier alpha value is -2.22. The Bertz CT molecular complexity index is 522. The molecular formula is C13H17FN2O5. The van der Waals surface area contributed by atoms with Crippen LogP contribution >= 0.6 is 0 Å². The van der Waals surface area contributed by atoms with Gasteiger partial charge >= 0.3 is 5.97 Å². The van der Waals surface area contributed by atoms with Crippen molar-refractivity contribution in [2.75, 3.05) is 25.1 Å². The van der Waals surface area contributed by atoms with Gasteiger partial charge in [-0.3, -0.25) is 10.1 Å². The molecule has 0 radical (unpaired) electrons. The van der Waals surface area contributed by atoms with Crippen molar-refractivity contribution in [1.29, 1.82) is 0 Å². The van der Waals surface area contributed by atoms with Crippen molar-refractivity contribution in [2.24, 2.45) is 0 Å². The highest BCUT2D eigenvalue weighted by Gasteiger charge is 2.23. The topological polar surface area (TPSA) is 102 Å². The van der Waals surface area contributed by atoms with Crippen LogP contribution in [0.25, 0.3) is 0 Å². The van der Waals surface area contributed by atoms with Crippen LogP contribution in [0.5, 0.6) is 0 Å². The molecule has 1 aromatic rings. The second kappa shape index (κ2) is 8.15. The number of aromatic carboxylic acids is 1. The van der Waals surface area contributed by atoms with Crippen LogP contribution in [0.4, 0.5) is 15.8 Å². The number of carbonyl (C=O) groups is 1. The third-order valence-electron chi connectivity index (χ3n) is 2.64. The van der Waals surface area contributed by atoms with E-state index in [2.05, 4.69) is 5.32 Å². The van der Waals surface area contributed by atoms with E-state index in [1.807, 2.05) is 6.92 Å². The molecule has 0 heterocycles. The van der Waals surface area contributed by atoms with Gasteiger partial charge in [-0.15, -0.1) is 0 Å². The van der Waals surface area contributed by atoms with Crippen LogP contribution in [0.3, 0.4) is 0 Å². The monoisotopic (exact) mass is 300 g/mol. The van der Waals surface area contributed by atoms with Gasteiger partial charge in [0.15, 0.2) is 5.82 Å². The van der Waals surface area contributed by atoms with Gasteiger partial charge in [-0.05, 0) is 18.9 Å². The summed E-state index contributed by atoms with van der Waals surface area (Å²) in [7, 11) is 0. The molecule has 21 heavy (non-hydrogen) atoms. The highest BCUT2D eigenvalue weighted by Crippen LogP contribution is 2.26. The molecule has 7 nitrogen and oxygen atoms in total. The van der Waals surface area contributed by atoms with Crippen LogP contribution in [0, 0.1) is 15.9 Å². The second-order valence-electron chi connectivity index (χ2n) is 4.30. The van der Waals surface area contributed by atoms with E-state index in [-0.39, 0.29) is 5.69 Å². The van der Waals surface area contributed by atoms with E-state index in [1.165, 1.54) is 0 Å². The summed E-state index contributed by atoms with van der Waals surface area (Å²) in [5, 5.41) is 22.3. The lowest BCUT2D eigenvalue weighted by molar-refractivity contribution is -0.385. The number of hydrogen-bond donors (Lipinski definition) is 2. The van der Waals surface area contributed by atoms with Gasteiger partial charge in [-0.25, -0.2) is 9.18 Å². The Morgan fingerprint density at radius 3 is 2.76 bits per heavy atom. The normalized spacial score (nSPS) is 10.4. The highest BCUT2D eigenvalue weighted by molar-refractivity contribution is 5.93. The predicted octanol–water partition coefficient (Wildman–Crippen LogP) is 2.66. The second-order valence-corrected chi connectivity index (χ2v) is 4.30. The van der Waals surface area contributed by atoms with Crippen LogP contribution in [0.15, 0.2) is 12.1 Å². The molecule has 8 heteroatoms. The molecule has 0 unspecified atom stereocenters. The molecule has 0 aliphatic rings. The van der Waals surface area contributed by atoms with Crippen LogP contribution < -0.4 is 5.32 Å². The van der Waals surface area contributed by atoms with E-state index >= 15 is 0 Å². The summed E-state index contributed by atoms with van der Waals surface area (Å²) < 4.78 is 18.9. The Morgan fingerprint density at radius 2 is 2.19 bits per heavy atom. The first-order valence-electron chi connectivity index (χ1n) is 6.50. The van der Waals surface area contributed by atoms with Gasteiger partial charge in [0.25, 0.3) is 5.69 Å². The van der Waals surface area contributed by atoms with Gasteiger partial charge < -0.3 is 15.2 Å². The molecule has 0 bridgehead atoms. The standard InChI is InChI=1S/C13H17FN2O5/c1-2-5-21-6-3-4-15-11-7-9(13(17)18)12(16(19)20)8-10(11)14/h7-8,15H,2-6H2,1H3,(H,17,18). The van der Waals surface area contributed by atoms with Crippen molar-refractivity contribution in [2.45, 2.75) is 19.8 Å². The maximum absolute atomic E-state index is 13.7. The number of nitro benzene ring substituents is 1. The van der Waals surface area contributed by atoms with Crippen molar-refractivity contribution in [3.8, 4) is 0 Å². The van der Waals surface area contributed by atoms with E-state index in [4.69, 9.17) is 9.84 Å². The minimum atomic E-state index is -1.48. The fourth-order valence-electron chi connectivity index (χ4n) is 1.66. The number of carboxylic acids is 1. The average Bonchev–Trinajstić information content (AvgIpc) is 2.43. The first-order chi connectivity index (χ1) is 9.97. The summed E-state index contributed by atoms with van der Waals surface area (Å²) in [6.07, 6.45) is 1.52. The van der Waals surface area contributed by atoms with E-state index in [9.17, 15) is 19.3 Å². The Morgan fingerprint density at radius 1 is 1.48 bits per heavy atom. The number of nitrogens with zero attached hydrogens (tertiary/aromatic N) is 1. The zero-order valence-electron chi connectivity index (χ0n) is 11.6. The number of nitrogens with one attached hydrogen (secondary N) is 1. The lowest BCUT2D eigenvalue weighted by atomic mass is 10.1. The van der Waals surface area contributed by atoms with Gasteiger partial charge in [-0.1, -0.05) is 6.92 Å². The highest BCUT2D eigenvalue weighted by atomic mass is 19.1. The average molecular weight is 300 g/mol. The van der Waals surface area contributed by atoms with Crippen LogP contribution in [-0.4, -0.2) is 35.8 Å². The number of halogens is 1. The number of nitro groups is 1. The third-order valence-corrected chi connectivity index (χ3v) is 2.64. The third kappa shape index (κ3) is 4.99. The molecule has 0 aliphatic carbocycles. The maximum atomic E-state index is 13.7. The number of benzene rings is 1. The van der Waals surface area contributed by atoms with Crippen molar-refractivity contribution < 1.29 is 24.0 Å². The van der Waals surface area contributed by atoms with Crippen LogP contribution in [0.2, 0.25) is 0 Å². The zero-order chi connectivity index (χ0) is 15.8. The van der Waals surface area contributed by atoms with Gasteiger partial charge in [0.05, 0.1) is 16.7 Å². The van der Waals surface area contributed by atoms with Crippen molar-refractivity contribution in [1.82, 2.24) is 0 Å². The van der Waals surface area contributed by atoms with E-state index in [1.54, 1.807) is 0 Å². The SMILES string of the molecule is CCCOCCCNc1cc(C(=O)O)c([N+](=O)[O-])cc1F. The lowest BCUT2D eigenvalue weighted by Crippen LogP contribution is -2.10. The molecule has 0 aromatic heterocycles. The Labute approximate surface area is 120 Å². The quantitative estimate of drug-likeness (QED) is 0.413. The number of carboxylic acid groups (broad SMARTS) is 1. The predicted molar refractivity (Wildman–Crippen MR) is 74.2 cm³/mol. The number of hydrogen-bond acceptors (Lipinski definition) is 5. The number of rotatable bonds is 9. The largest absolute Gasteiger partial charge is 0.477 e. The fourth-order valence-corrected chi connectivity index (χ4v) is 1.66. The summed E-state index contributed by atoms with van der Waals surface area (Å²) in [5.41, 5.74) is -1.39. The zero-order valence-corrected chi connectivity index (χ0v) is 11.6.